The van der Waals surface area contributed by atoms with Crippen LogP contribution in [0.3, 0.4) is 0 Å². The topological polar surface area (TPSA) is 67.9 Å². The molecule has 0 aliphatic carbocycles. The lowest BCUT2D eigenvalue weighted by atomic mass is 9.95. The van der Waals surface area contributed by atoms with Gasteiger partial charge in [0.1, 0.15) is 11.9 Å². The van der Waals surface area contributed by atoms with Crippen molar-refractivity contribution in [3.8, 4) is 11.5 Å². The minimum atomic E-state index is -0.697. The van der Waals surface area contributed by atoms with Gasteiger partial charge >= 0.3 is 0 Å². The Morgan fingerprint density at radius 2 is 1.77 bits per heavy atom. The number of hydrogen-bond acceptors (Lipinski definition) is 4. The standard InChI is InChI=1S/C24H27FN2O4/c1-15-7-8-17(13-19(15)25)14-26-23(28)18-9-11-27(12-10-18)24(29)22-16(2)30-20-5-3-4-6-21(20)31-22/h3-8,13,16,18,22H,9-12,14H2,1-2H3,(H,26,28)/t16-,22+/m1/s1. The fraction of sp³-hybridized carbons (Fsp3) is 0.417. The molecule has 2 aliphatic heterocycles. The second kappa shape index (κ2) is 8.96. The van der Waals surface area contributed by atoms with Gasteiger partial charge in [0.2, 0.25) is 12.0 Å². The van der Waals surface area contributed by atoms with Gasteiger partial charge in [-0.3, -0.25) is 9.59 Å². The molecule has 0 radical (unpaired) electrons. The molecule has 6 nitrogen and oxygen atoms in total. The summed E-state index contributed by atoms with van der Waals surface area (Å²) in [6.45, 7) is 4.80. The number of likely N-dealkylation sites (tertiary alicyclic amines) is 1. The van der Waals surface area contributed by atoms with Gasteiger partial charge in [0.25, 0.3) is 5.91 Å². The lowest BCUT2D eigenvalue weighted by molar-refractivity contribution is -0.147. The zero-order valence-corrected chi connectivity index (χ0v) is 17.8. The highest BCUT2D eigenvalue weighted by molar-refractivity contribution is 5.83. The summed E-state index contributed by atoms with van der Waals surface area (Å²) in [5.74, 6) is 0.595. The number of benzene rings is 2. The molecule has 1 fully saturated rings. The lowest BCUT2D eigenvalue weighted by Gasteiger charge is -2.37. The minimum absolute atomic E-state index is 0.0624. The molecule has 0 spiro atoms. The number of ether oxygens (including phenoxy) is 2. The summed E-state index contributed by atoms with van der Waals surface area (Å²) in [5, 5.41) is 2.89. The molecular formula is C24H27FN2O4. The first-order chi connectivity index (χ1) is 14.9. The summed E-state index contributed by atoms with van der Waals surface area (Å²) >= 11 is 0. The number of nitrogens with zero attached hydrogens (tertiary/aromatic N) is 1. The monoisotopic (exact) mass is 426 g/mol. The van der Waals surface area contributed by atoms with Crippen molar-refractivity contribution < 1.29 is 23.5 Å². The van der Waals surface area contributed by atoms with Gasteiger partial charge in [0.05, 0.1) is 0 Å². The number of halogens is 1. The van der Waals surface area contributed by atoms with E-state index in [1.807, 2.05) is 31.2 Å². The Bertz CT molecular complexity index is 972. The van der Waals surface area contributed by atoms with Gasteiger partial charge in [-0.05, 0) is 56.0 Å². The van der Waals surface area contributed by atoms with Crippen LogP contribution in [0.4, 0.5) is 4.39 Å². The summed E-state index contributed by atoms with van der Waals surface area (Å²) in [6.07, 6.45) is 0.0755. The summed E-state index contributed by atoms with van der Waals surface area (Å²) in [6, 6.07) is 12.3. The van der Waals surface area contributed by atoms with Crippen molar-refractivity contribution in [3.05, 3.63) is 59.4 Å². The molecule has 164 valence electrons. The molecule has 0 unspecified atom stereocenters. The number of hydrogen-bond donors (Lipinski definition) is 1. The van der Waals surface area contributed by atoms with Crippen LogP contribution >= 0.6 is 0 Å². The van der Waals surface area contributed by atoms with Gasteiger partial charge in [-0.1, -0.05) is 24.3 Å². The molecule has 2 atom stereocenters. The Hall–Kier alpha value is -3.09. The summed E-state index contributed by atoms with van der Waals surface area (Å²) < 4.78 is 25.4. The zero-order chi connectivity index (χ0) is 22.0. The second-order valence-corrected chi connectivity index (χ2v) is 8.21. The first kappa shape index (κ1) is 21.2. The third-order valence-electron chi connectivity index (χ3n) is 5.97. The van der Waals surface area contributed by atoms with Gasteiger partial charge in [-0.25, -0.2) is 4.39 Å². The normalized spacial score (nSPS) is 20.9. The maximum atomic E-state index is 13.7. The molecule has 2 amide bonds. The van der Waals surface area contributed by atoms with Crippen LogP contribution in [-0.4, -0.2) is 42.0 Å². The Balaban J connectivity index is 1.28. The van der Waals surface area contributed by atoms with E-state index in [0.717, 1.165) is 5.56 Å². The maximum Gasteiger partial charge on any atom is 0.267 e. The van der Waals surface area contributed by atoms with Gasteiger partial charge in [-0.15, -0.1) is 0 Å². The fourth-order valence-corrected chi connectivity index (χ4v) is 4.01. The van der Waals surface area contributed by atoms with Crippen LogP contribution in [0.5, 0.6) is 11.5 Å². The number of fused-ring (bicyclic) bond motifs is 1. The highest BCUT2D eigenvalue weighted by atomic mass is 19.1. The largest absolute Gasteiger partial charge is 0.482 e. The van der Waals surface area contributed by atoms with Crippen molar-refractivity contribution in [2.45, 2.75) is 45.4 Å². The molecule has 2 aliphatic rings. The molecule has 2 aromatic rings. The van der Waals surface area contributed by atoms with Crippen LogP contribution in [0.25, 0.3) is 0 Å². The summed E-state index contributed by atoms with van der Waals surface area (Å²) in [7, 11) is 0. The van der Waals surface area contributed by atoms with Gasteiger partial charge in [0.15, 0.2) is 11.5 Å². The van der Waals surface area contributed by atoms with Crippen molar-refractivity contribution in [2.24, 2.45) is 5.92 Å². The SMILES string of the molecule is Cc1ccc(CNC(=O)C2CCN(C(=O)[C@H]3Oc4ccccc4O[C@@H]3C)CC2)cc1F. The first-order valence-electron chi connectivity index (χ1n) is 10.7. The highest BCUT2D eigenvalue weighted by Crippen LogP contribution is 2.34. The van der Waals surface area contributed by atoms with Crippen molar-refractivity contribution in [1.82, 2.24) is 10.2 Å². The number of nitrogens with one attached hydrogen (secondary N) is 1. The van der Waals surface area contributed by atoms with E-state index in [-0.39, 0.29) is 23.5 Å². The number of rotatable bonds is 4. The quantitative estimate of drug-likeness (QED) is 0.815. The Kier molecular flexibility index (Phi) is 6.11. The molecule has 2 aromatic carbocycles. The average Bonchev–Trinajstić information content (AvgIpc) is 2.79. The zero-order valence-electron chi connectivity index (χ0n) is 17.8. The lowest BCUT2D eigenvalue weighted by Crippen LogP contribution is -2.53. The molecule has 0 saturated carbocycles. The Labute approximate surface area is 181 Å². The van der Waals surface area contributed by atoms with Gasteiger partial charge in [-0.2, -0.15) is 0 Å². The van der Waals surface area contributed by atoms with Gasteiger partial charge in [0, 0.05) is 25.6 Å². The van der Waals surface area contributed by atoms with E-state index >= 15 is 0 Å². The molecule has 0 aromatic heterocycles. The average molecular weight is 426 g/mol. The number of piperidine rings is 1. The molecule has 0 bridgehead atoms. The number of amides is 2. The molecular weight excluding hydrogens is 399 g/mol. The van der Waals surface area contributed by atoms with Crippen molar-refractivity contribution >= 4 is 11.8 Å². The van der Waals surface area contributed by atoms with Crippen molar-refractivity contribution in [2.75, 3.05) is 13.1 Å². The Morgan fingerprint density at radius 3 is 2.45 bits per heavy atom. The van der Waals surface area contributed by atoms with E-state index in [4.69, 9.17) is 9.47 Å². The Morgan fingerprint density at radius 1 is 1.10 bits per heavy atom. The molecule has 1 saturated heterocycles. The van der Waals surface area contributed by atoms with E-state index in [1.54, 1.807) is 24.0 Å². The summed E-state index contributed by atoms with van der Waals surface area (Å²) in [4.78, 5) is 27.3. The third kappa shape index (κ3) is 4.65. The predicted octanol–water partition coefficient (Wildman–Crippen LogP) is 3.22. The highest BCUT2D eigenvalue weighted by Gasteiger charge is 2.38. The van der Waals surface area contributed by atoms with Crippen LogP contribution in [0.15, 0.2) is 42.5 Å². The van der Waals surface area contributed by atoms with E-state index in [2.05, 4.69) is 5.32 Å². The van der Waals surface area contributed by atoms with Crippen LogP contribution in [-0.2, 0) is 16.1 Å². The number of aryl methyl sites for hydroxylation is 1. The van der Waals surface area contributed by atoms with Gasteiger partial charge < -0.3 is 19.7 Å². The molecule has 1 N–H and O–H groups in total. The van der Waals surface area contributed by atoms with Crippen LogP contribution < -0.4 is 14.8 Å². The van der Waals surface area contributed by atoms with Crippen LogP contribution in [0.2, 0.25) is 0 Å². The van der Waals surface area contributed by atoms with E-state index in [1.165, 1.54) is 6.07 Å². The summed E-state index contributed by atoms with van der Waals surface area (Å²) in [5.41, 5.74) is 1.31. The number of carbonyl (C=O) groups excluding carboxylic acids is 2. The maximum absolute atomic E-state index is 13.7. The third-order valence-corrected chi connectivity index (χ3v) is 5.97. The van der Waals surface area contributed by atoms with Crippen LogP contribution in [0.1, 0.15) is 30.9 Å². The molecule has 31 heavy (non-hydrogen) atoms. The van der Waals surface area contributed by atoms with E-state index < -0.39 is 12.2 Å². The number of para-hydroxylation sites is 2. The minimum Gasteiger partial charge on any atom is -0.482 e. The van der Waals surface area contributed by atoms with Crippen LogP contribution in [0, 0.1) is 18.7 Å². The van der Waals surface area contributed by atoms with E-state index in [9.17, 15) is 14.0 Å². The van der Waals surface area contributed by atoms with E-state index in [0.29, 0.717) is 49.5 Å². The van der Waals surface area contributed by atoms with Crippen molar-refractivity contribution in [1.29, 1.82) is 0 Å². The second-order valence-electron chi connectivity index (χ2n) is 8.21. The first-order valence-corrected chi connectivity index (χ1v) is 10.7. The van der Waals surface area contributed by atoms with Crippen molar-refractivity contribution in [3.63, 3.8) is 0 Å². The molecule has 7 heteroatoms. The smallest absolute Gasteiger partial charge is 0.267 e. The molecule has 4 rings (SSSR count). The fourth-order valence-electron chi connectivity index (χ4n) is 4.01. The number of carbonyl (C=O) groups is 2. The predicted molar refractivity (Wildman–Crippen MR) is 113 cm³/mol. The molecule has 2 heterocycles.